The summed E-state index contributed by atoms with van der Waals surface area (Å²) < 4.78 is 21.8. The fraction of sp³-hybridized carbons (Fsp3) is 0.650. The molecule has 2 heterocycles. The van der Waals surface area contributed by atoms with Crippen LogP contribution in [0.1, 0.15) is 6.92 Å². The van der Waals surface area contributed by atoms with Gasteiger partial charge in [-0.3, -0.25) is 4.79 Å². The summed E-state index contributed by atoms with van der Waals surface area (Å²) in [6.07, 6.45) is -15.3. The van der Waals surface area contributed by atoms with Crippen LogP contribution >= 0.6 is 0 Å². The van der Waals surface area contributed by atoms with E-state index in [0.29, 0.717) is 5.69 Å². The minimum atomic E-state index is -1.75. The number of amides is 1. The molecule has 10 atom stereocenters. The summed E-state index contributed by atoms with van der Waals surface area (Å²) in [6, 6.07) is 6.10. The highest BCUT2D eigenvalue weighted by molar-refractivity contribution is 5.88. The summed E-state index contributed by atoms with van der Waals surface area (Å²) in [5, 5.41) is 72.6. The molecule has 0 saturated carbocycles. The fourth-order valence-electron chi connectivity index (χ4n) is 3.61. The third-order valence-corrected chi connectivity index (χ3v) is 5.39. The summed E-state index contributed by atoms with van der Waals surface area (Å²) in [6.45, 7) is 0.000118. The highest BCUT2D eigenvalue weighted by Crippen LogP contribution is 2.30. The molecule has 2 aliphatic heterocycles. The quantitative estimate of drug-likeness (QED) is 0.195. The molecule has 186 valence electrons. The van der Waals surface area contributed by atoms with E-state index in [-0.39, 0.29) is 11.7 Å². The van der Waals surface area contributed by atoms with Gasteiger partial charge in [-0.05, 0) is 24.3 Å². The lowest BCUT2D eigenvalue weighted by Crippen LogP contribution is -2.65. The van der Waals surface area contributed by atoms with Crippen LogP contribution in [0.15, 0.2) is 24.3 Å². The monoisotopic (exact) mass is 475 g/mol. The Morgan fingerprint density at radius 2 is 1.42 bits per heavy atom. The van der Waals surface area contributed by atoms with Crippen molar-refractivity contribution in [3.8, 4) is 5.75 Å². The van der Waals surface area contributed by atoms with Gasteiger partial charge in [0.25, 0.3) is 0 Å². The van der Waals surface area contributed by atoms with E-state index < -0.39 is 74.6 Å². The second-order valence-electron chi connectivity index (χ2n) is 7.83. The normalized spacial score (nSPS) is 39.2. The second-order valence-corrected chi connectivity index (χ2v) is 7.83. The first-order chi connectivity index (χ1) is 15.7. The Morgan fingerprint density at radius 1 is 0.848 bits per heavy atom. The average molecular weight is 475 g/mol. The van der Waals surface area contributed by atoms with E-state index in [4.69, 9.17) is 18.9 Å². The molecule has 1 aromatic carbocycles. The van der Waals surface area contributed by atoms with E-state index >= 15 is 0 Å². The lowest BCUT2D eigenvalue weighted by Gasteiger charge is -2.45. The van der Waals surface area contributed by atoms with Crippen LogP contribution in [-0.2, 0) is 19.0 Å². The number of rotatable bonds is 7. The standard InChI is InChI=1S/C20H29NO12/c1-8(24)21-9-2-4-10(5-3-9)30-19-17(29)15(27)18(12(7-23)32-19)33-20-16(28)14(26)13(25)11(6-22)31-20/h2-5,11-20,22-23,25-29H,6-7H2,1H3,(H,21,24)/t11?,12?,13?,14?,15?,16-,17?,18?,19+,20-/m1/s1. The minimum Gasteiger partial charge on any atom is -0.462 e. The first kappa shape index (κ1) is 25.7. The molecule has 0 radical (unpaired) electrons. The van der Waals surface area contributed by atoms with Gasteiger partial charge >= 0.3 is 0 Å². The van der Waals surface area contributed by atoms with Crippen molar-refractivity contribution in [1.82, 2.24) is 0 Å². The topological polar surface area (TPSA) is 208 Å². The highest BCUT2D eigenvalue weighted by Gasteiger charge is 2.51. The van der Waals surface area contributed by atoms with E-state index in [0.717, 1.165) is 0 Å². The van der Waals surface area contributed by atoms with Crippen molar-refractivity contribution >= 4 is 11.6 Å². The van der Waals surface area contributed by atoms with E-state index in [9.17, 15) is 40.5 Å². The van der Waals surface area contributed by atoms with Crippen LogP contribution in [0.3, 0.4) is 0 Å². The van der Waals surface area contributed by atoms with E-state index in [1.54, 1.807) is 12.1 Å². The smallest absolute Gasteiger partial charge is 0.229 e. The zero-order valence-electron chi connectivity index (χ0n) is 17.7. The number of aliphatic hydroxyl groups excluding tert-OH is 7. The number of benzene rings is 1. The SMILES string of the molecule is CC(=O)Nc1ccc(O[C@H]2OC(CO)C(O[C@H]3OC(CO)C(O)C(O)[C@H]3O)C(O)C2O)cc1. The number of carbonyl (C=O) groups excluding carboxylic acids is 1. The van der Waals surface area contributed by atoms with Gasteiger partial charge in [0.15, 0.2) is 6.29 Å². The van der Waals surface area contributed by atoms with Gasteiger partial charge in [-0.25, -0.2) is 0 Å². The van der Waals surface area contributed by atoms with Crippen LogP contribution in [0, 0.1) is 0 Å². The molecule has 1 amide bonds. The second kappa shape index (κ2) is 11.0. The van der Waals surface area contributed by atoms with Gasteiger partial charge in [0.05, 0.1) is 13.2 Å². The predicted octanol–water partition coefficient (Wildman–Crippen LogP) is -3.35. The van der Waals surface area contributed by atoms with Crippen molar-refractivity contribution in [3.63, 3.8) is 0 Å². The highest BCUT2D eigenvalue weighted by atomic mass is 16.7. The zero-order valence-corrected chi connectivity index (χ0v) is 17.7. The Morgan fingerprint density at radius 3 is 2.00 bits per heavy atom. The van der Waals surface area contributed by atoms with E-state index in [1.165, 1.54) is 19.1 Å². The lowest BCUT2D eigenvalue weighted by molar-refractivity contribution is -0.352. The average Bonchev–Trinajstić information content (AvgIpc) is 2.79. The number of nitrogens with one attached hydrogen (secondary N) is 1. The molecule has 2 fully saturated rings. The van der Waals surface area contributed by atoms with Crippen molar-refractivity contribution < 1.29 is 59.5 Å². The van der Waals surface area contributed by atoms with Crippen LogP contribution in [0.25, 0.3) is 0 Å². The van der Waals surface area contributed by atoms with Crippen molar-refractivity contribution in [2.24, 2.45) is 0 Å². The Balaban J connectivity index is 1.68. The molecule has 7 unspecified atom stereocenters. The lowest BCUT2D eigenvalue weighted by atomic mass is 9.97. The summed E-state index contributed by atoms with van der Waals surface area (Å²) >= 11 is 0. The largest absolute Gasteiger partial charge is 0.462 e. The molecule has 0 bridgehead atoms. The van der Waals surface area contributed by atoms with Gasteiger partial charge in [-0.1, -0.05) is 0 Å². The van der Waals surface area contributed by atoms with Gasteiger partial charge < -0.3 is 60.0 Å². The van der Waals surface area contributed by atoms with Crippen LogP contribution < -0.4 is 10.1 Å². The summed E-state index contributed by atoms with van der Waals surface area (Å²) in [7, 11) is 0. The number of aliphatic hydroxyl groups is 7. The summed E-state index contributed by atoms with van der Waals surface area (Å²) in [5.41, 5.74) is 0.515. The van der Waals surface area contributed by atoms with Crippen molar-refractivity contribution in [3.05, 3.63) is 24.3 Å². The molecule has 0 aromatic heterocycles. The van der Waals surface area contributed by atoms with Crippen LogP contribution in [-0.4, -0.2) is 116 Å². The van der Waals surface area contributed by atoms with Crippen LogP contribution in [0.4, 0.5) is 5.69 Å². The molecule has 0 aliphatic carbocycles. The fourth-order valence-corrected chi connectivity index (χ4v) is 3.61. The minimum absolute atomic E-state index is 0.241. The maximum Gasteiger partial charge on any atom is 0.229 e. The number of carbonyl (C=O) groups is 1. The number of hydrogen-bond acceptors (Lipinski definition) is 12. The van der Waals surface area contributed by atoms with Gasteiger partial charge in [0, 0.05) is 12.6 Å². The van der Waals surface area contributed by atoms with Gasteiger partial charge in [-0.15, -0.1) is 0 Å². The maximum absolute atomic E-state index is 11.1. The predicted molar refractivity (Wildman–Crippen MR) is 108 cm³/mol. The van der Waals surface area contributed by atoms with Crippen molar-refractivity contribution in [2.45, 2.75) is 68.3 Å². The van der Waals surface area contributed by atoms with E-state index in [1.807, 2.05) is 0 Å². The Hall–Kier alpha value is -1.91. The third-order valence-electron chi connectivity index (χ3n) is 5.39. The molecule has 0 spiro atoms. The molecule has 1 aromatic rings. The van der Waals surface area contributed by atoms with Crippen LogP contribution in [0.2, 0.25) is 0 Å². The summed E-state index contributed by atoms with van der Waals surface area (Å²) in [5.74, 6) is -0.0144. The van der Waals surface area contributed by atoms with Gasteiger partial charge in [0.2, 0.25) is 12.2 Å². The summed E-state index contributed by atoms with van der Waals surface area (Å²) in [4.78, 5) is 11.1. The van der Waals surface area contributed by atoms with Crippen molar-refractivity contribution in [1.29, 1.82) is 0 Å². The molecular weight excluding hydrogens is 446 g/mol. The Kier molecular flexibility index (Phi) is 8.58. The Bertz CT molecular complexity index is 775. The molecule has 13 nitrogen and oxygen atoms in total. The van der Waals surface area contributed by atoms with Gasteiger partial charge in [-0.2, -0.15) is 0 Å². The first-order valence-electron chi connectivity index (χ1n) is 10.3. The molecule has 33 heavy (non-hydrogen) atoms. The third kappa shape index (κ3) is 5.78. The zero-order chi connectivity index (χ0) is 24.3. The molecule has 2 saturated heterocycles. The number of hydrogen-bond donors (Lipinski definition) is 8. The maximum atomic E-state index is 11.1. The Labute approximate surface area is 188 Å². The van der Waals surface area contributed by atoms with Gasteiger partial charge in [0.1, 0.15) is 54.6 Å². The van der Waals surface area contributed by atoms with Crippen LogP contribution in [0.5, 0.6) is 5.75 Å². The van der Waals surface area contributed by atoms with E-state index in [2.05, 4.69) is 5.32 Å². The number of anilines is 1. The molecule has 8 N–H and O–H groups in total. The van der Waals surface area contributed by atoms with Crippen molar-refractivity contribution in [2.75, 3.05) is 18.5 Å². The molecule has 3 rings (SSSR count). The molecule has 2 aliphatic rings. The number of ether oxygens (including phenoxy) is 4. The molecular formula is C20H29NO12. The molecule has 13 heteroatoms. The first-order valence-corrected chi connectivity index (χ1v) is 10.3.